The number of pyridine rings is 1. The Hall–Kier alpha value is -2.49. The Balaban J connectivity index is 1.33. The standard InChI is InChI=1S/C25H26FNO2/c26-19-5-3-4-16(12-19)18-9-11-20(27-15-18)10-8-17-13-24-23(14-25(28)29-24)22-7-2-1-6-21(17)22/h3-5,8-12,15,17,21-24H,1-2,6-7,13-14H2/b10-8+. The Labute approximate surface area is 171 Å². The van der Waals surface area contributed by atoms with Crippen molar-refractivity contribution in [2.24, 2.45) is 23.7 Å². The van der Waals surface area contributed by atoms with E-state index >= 15 is 0 Å². The van der Waals surface area contributed by atoms with Crippen LogP contribution in [-0.4, -0.2) is 17.1 Å². The molecule has 3 nitrogen and oxygen atoms in total. The van der Waals surface area contributed by atoms with Gasteiger partial charge in [0.2, 0.25) is 0 Å². The molecular formula is C25H26FNO2. The van der Waals surface area contributed by atoms with Crippen LogP contribution in [0.5, 0.6) is 0 Å². The van der Waals surface area contributed by atoms with Gasteiger partial charge in [-0.25, -0.2) is 4.39 Å². The molecular weight excluding hydrogens is 365 g/mol. The number of halogens is 1. The molecule has 2 saturated carbocycles. The molecule has 3 aliphatic rings. The van der Waals surface area contributed by atoms with Crippen molar-refractivity contribution in [1.29, 1.82) is 0 Å². The Morgan fingerprint density at radius 3 is 2.69 bits per heavy atom. The minimum Gasteiger partial charge on any atom is -0.462 e. The first-order chi connectivity index (χ1) is 14.2. The number of ether oxygens (including phenoxy) is 1. The number of allylic oxidation sites excluding steroid dienone is 1. The van der Waals surface area contributed by atoms with Gasteiger partial charge in [-0.05, 0) is 66.9 Å². The maximum atomic E-state index is 13.4. The molecule has 1 aromatic heterocycles. The predicted molar refractivity (Wildman–Crippen MR) is 110 cm³/mol. The van der Waals surface area contributed by atoms with Crippen molar-refractivity contribution in [3.63, 3.8) is 0 Å². The fourth-order valence-electron chi connectivity index (χ4n) is 5.76. The van der Waals surface area contributed by atoms with Gasteiger partial charge in [0, 0.05) is 17.7 Å². The van der Waals surface area contributed by atoms with Gasteiger partial charge in [0.25, 0.3) is 0 Å². The van der Waals surface area contributed by atoms with Crippen molar-refractivity contribution in [3.8, 4) is 11.1 Å². The maximum absolute atomic E-state index is 13.4. The highest BCUT2D eigenvalue weighted by Crippen LogP contribution is 2.51. The fraction of sp³-hybridized carbons (Fsp3) is 0.440. The molecule has 29 heavy (non-hydrogen) atoms. The molecule has 2 heterocycles. The summed E-state index contributed by atoms with van der Waals surface area (Å²) in [7, 11) is 0. The van der Waals surface area contributed by atoms with Crippen LogP contribution in [0, 0.1) is 29.5 Å². The van der Waals surface area contributed by atoms with E-state index in [1.165, 1.54) is 37.8 Å². The lowest BCUT2D eigenvalue weighted by Gasteiger charge is -2.45. The predicted octanol–water partition coefficient (Wildman–Crippen LogP) is 5.66. The minimum atomic E-state index is -0.239. The molecule has 5 unspecified atom stereocenters. The van der Waals surface area contributed by atoms with E-state index in [4.69, 9.17) is 4.74 Å². The summed E-state index contributed by atoms with van der Waals surface area (Å²) < 4.78 is 19.1. The van der Waals surface area contributed by atoms with Gasteiger partial charge < -0.3 is 4.74 Å². The van der Waals surface area contributed by atoms with Crippen molar-refractivity contribution >= 4 is 12.0 Å². The number of benzene rings is 1. The van der Waals surface area contributed by atoms with Crippen molar-refractivity contribution in [2.45, 2.75) is 44.6 Å². The van der Waals surface area contributed by atoms with Crippen LogP contribution in [0.3, 0.4) is 0 Å². The Morgan fingerprint density at radius 2 is 1.90 bits per heavy atom. The Bertz CT molecular complexity index is 923. The van der Waals surface area contributed by atoms with Crippen molar-refractivity contribution < 1.29 is 13.9 Å². The number of aromatic nitrogens is 1. The number of esters is 1. The topological polar surface area (TPSA) is 39.2 Å². The highest BCUT2D eigenvalue weighted by atomic mass is 19.1. The molecule has 5 rings (SSSR count). The minimum absolute atomic E-state index is 0.0106. The molecule has 1 saturated heterocycles. The van der Waals surface area contributed by atoms with E-state index in [-0.39, 0.29) is 17.9 Å². The summed E-state index contributed by atoms with van der Waals surface area (Å²) in [6.07, 6.45) is 12.9. The van der Waals surface area contributed by atoms with E-state index < -0.39 is 0 Å². The van der Waals surface area contributed by atoms with Gasteiger partial charge in [-0.15, -0.1) is 0 Å². The third-order valence-electron chi connectivity index (χ3n) is 7.10. The Kier molecular flexibility index (Phi) is 4.94. The molecule has 4 heteroatoms. The normalized spacial score (nSPS) is 31.3. The molecule has 0 radical (unpaired) electrons. The highest BCUT2D eigenvalue weighted by Gasteiger charge is 2.49. The summed E-state index contributed by atoms with van der Waals surface area (Å²) in [4.78, 5) is 16.4. The third kappa shape index (κ3) is 3.73. The van der Waals surface area contributed by atoms with Crippen molar-refractivity contribution in [2.75, 3.05) is 0 Å². The molecule has 0 spiro atoms. The van der Waals surface area contributed by atoms with Crippen LogP contribution in [0.4, 0.5) is 4.39 Å². The lowest BCUT2D eigenvalue weighted by molar-refractivity contribution is -0.143. The van der Waals surface area contributed by atoms with Crippen LogP contribution in [0.25, 0.3) is 17.2 Å². The SMILES string of the molecule is O=C1CC2C(CC(/C=C/c3ccc(-c4cccc(F)c4)cn3)C3CCCCC32)O1. The average molecular weight is 391 g/mol. The zero-order valence-electron chi connectivity index (χ0n) is 16.5. The first-order valence-corrected chi connectivity index (χ1v) is 10.8. The number of hydrogen-bond acceptors (Lipinski definition) is 3. The van der Waals surface area contributed by atoms with E-state index in [0.717, 1.165) is 23.2 Å². The number of rotatable bonds is 3. The third-order valence-corrected chi connectivity index (χ3v) is 7.10. The van der Waals surface area contributed by atoms with Gasteiger partial charge in [-0.2, -0.15) is 0 Å². The lowest BCUT2D eigenvalue weighted by atomic mass is 9.60. The van der Waals surface area contributed by atoms with Crippen LogP contribution in [0.2, 0.25) is 0 Å². The van der Waals surface area contributed by atoms with Crippen LogP contribution >= 0.6 is 0 Å². The number of carbonyl (C=O) groups is 1. The van der Waals surface area contributed by atoms with Gasteiger partial charge >= 0.3 is 5.97 Å². The smallest absolute Gasteiger partial charge is 0.306 e. The van der Waals surface area contributed by atoms with E-state index in [1.54, 1.807) is 12.3 Å². The maximum Gasteiger partial charge on any atom is 0.306 e. The number of hydrogen-bond donors (Lipinski definition) is 0. The summed E-state index contributed by atoms with van der Waals surface area (Å²) in [6, 6.07) is 10.5. The summed E-state index contributed by atoms with van der Waals surface area (Å²) in [6.45, 7) is 0. The summed E-state index contributed by atoms with van der Waals surface area (Å²) in [5.41, 5.74) is 2.65. The second-order valence-electron chi connectivity index (χ2n) is 8.75. The van der Waals surface area contributed by atoms with Crippen LogP contribution in [0.1, 0.15) is 44.2 Å². The van der Waals surface area contributed by atoms with Crippen LogP contribution in [-0.2, 0) is 9.53 Å². The first-order valence-electron chi connectivity index (χ1n) is 10.8. The molecule has 2 aromatic rings. The second-order valence-corrected chi connectivity index (χ2v) is 8.75. The number of fused-ring (bicyclic) bond motifs is 3. The molecule has 0 bridgehead atoms. The van der Waals surface area contributed by atoms with Gasteiger partial charge in [-0.1, -0.05) is 37.1 Å². The molecule has 2 aliphatic carbocycles. The monoisotopic (exact) mass is 391 g/mol. The van der Waals surface area contributed by atoms with E-state index in [1.807, 2.05) is 18.2 Å². The zero-order valence-corrected chi connectivity index (χ0v) is 16.5. The largest absolute Gasteiger partial charge is 0.462 e. The van der Waals surface area contributed by atoms with Crippen LogP contribution < -0.4 is 0 Å². The van der Waals surface area contributed by atoms with E-state index in [2.05, 4.69) is 17.1 Å². The molecule has 1 aliphatic heterocycles. The van der Waals surface area contributed by atoms with Gasteiger partial charge in [0.05, 0.1) is 12.1 Å². The van der Waals surface area contributed by atoms with Gasteiger partial charge in [0.1, 0.15) is 11.9 Å². The molecule has 150 valence electrons. The Morgan fingerprint density at radius 1 is 1.03 bits per heavy atom. The number of nitrogens with zero attached hydrogens (tertiary/aromatic N) is 1. The van der Waals surface area contributed by atoms with E-state index in [9.17, 15) is 9.18 Å². The molecule has 5 atom stereocenters. The second kappa shape index (κ2) is 7.74. The first kappa shape index (κ1) is 18.5. The van der Waals surface area contributed by atoms with Gasteiger partial charge in [0.15, 0.2) is 0 Å². The summed E-state index contributed by atoms with van der Waals surface area (Å²) >= 11 is 0. The summed E-state index contributed by atoms with van der Waals surface area (Å²) in [5, 5.41) is 0. The highest BCUT2D eigenvalue weighted by molar-refractivity contribution is 5.72. The molecule has 1 aromatic carbocycles. The average Bonchev–Trinajstić information content (AvgIpc) is 3.13. The lowest BCUT2D eigenvalue weighted by Crippen LogP contribution is -2.42. The summed E-state index contributed by atoms with van der Waals surface area (Å²) in [5.74, 6) is 1.90. The van der Waals surface area contributed by atoms with Crippen molar-refractivity contribution in [1.82, 2.24) is 4.98 Å². The fourth-order valence-corrected chi connectivity index (χ4v) is 5.76. The quantitative estimate of drug-likeness (QED) is 0.634. The van der Waals surface area contributed by atoms with Crippen molar-refractivity contribution in [3.05, 3.63) is 60.2 Å². The molecule has 0 N–H and O–H groups in total. The molecule has 0 amide bonds. The van der Waals surface area contributed by atoms with Gasteiger partial charge in [-0.3, -0.25) is 9.78 Å². The molecule has 3 fully saturated rings. The van der Waals surface area contributed by atoms with E-state index in [0.29, 0.717) is 30.1 Å². The number of carbonyl (C=O) groups excluding carboxylic acids is 1. The van der Waals surface area contributed by atoms with Crippen LogP contribution in [0.15, 0.2) is 48.7 Å². The zero-order chi connectivity index (χ0) is 19.8.